The van der Waals surface area contributed by atoms with Gasteiger partial charge in [-0.3, -0.25) is 9.97 Å². The molecule has 2 unspecified atom stereocenters. The van der Waals surface area contributed by atoms with Gasteiger partial charge in [0.05, 0.1) is 17.2 Å². The number of rotatable bonds is 6. The van der Waals surface area contributed by atoms with Gasteiger partial charge in [-0.05, 0) is 65.4 Å². The van der Waals surface area contributed by atoms with Crippen LogP contribution in [0.25, 0.3) is 62.4 Å². The molecule has 4 heterocycles. The molecule has 0 saturated carbocycles. The summed E-state index contributed by atoms with van der Waals surface area (Å²) in [6.07, 6.45) is 16.2. The lowest BCUT2D eigenvalue weighted by molar-refractivity contribution is 0.806. The van der Waals surface area contributed by atoms with E-state index < -0.39 is 0 Å². The quantitative estimate of drug-likeness (QED) is 0.175. The fraction of sp³-hybridized carbons (Fsp3) is 0.109. The third kappa shape index (κ3) is 5.88. The second kappa shape index (κ2) is 13.3. The van der Waals surface area contributed by atoms with E-state index in [0.29, 0.717) is 29.1 Å². The lowest BCUT2D eigenvalue weighted by atomic mass is 9.88. The molecule has 2 atom stereocenters. The summed E-state index contributed by atoms with van der Waals surface area (Å²) in [6.45, 7) is 2.11. The number of allylic oxidation sites excluding steroid dienone is 4. The normalized spacial score (nSPS) is 16.3. The standard InChI is InChI=1S/C46H36N6/c1-30-28-39(32-12-5-3-6-13-32)38-25-23-34-24-26-41(52(2)43(34)42(38)48-30)33-21-19-31(20-22-33)36-16-11-17-37(29-36)45-49-44(35-14-7-4-8-15-35)50-46(51-45)40-18-9-10-27-47-40/h3-12,14-29,32,41H,13H2,1-2H3. The number of hydrogen-bond donors (Lipinski definition) is 0. The first-order valence-electron chi connectivity index (χ1n) is 17.7. The molecule has 250 valence electrons. The number of fused-ring (bicyclic) bond motifs is 3. The fourth-order valence-corrected chi connectivity index (χ4v) is 7.42. The number of aromatic nitrogens is 5. The molecule has 4 aromatic carbocycles. The van der Waals surface area contributed by atoms with Crippen LogP contribution in [-0.4, -0.2) is 32.0 Å². The number of pyridine rings is 2. The smallest absolute Gasteiger partial charge is 0.182 e. The number of aryl methyl sites for hydroxylation is 1. The van der Waals surface area contributed by atoms with E-state index in [1.54, 1.807) is 6.20 Å². The van der Waals surface area contributed by atoms with Crippen LogP contribution >= 0.6 is 0 Å². The minimum Gasteiger partial charge on any atom is -0.362 e. The summed E-state index contributed by atoms with van der Waals surface area (Å²) >= 11 is 0. The summed E-state index contributed by atoms with van der Waals surface area (Å²) in [5.74, 6) is 2.13. The summed E-state index contributed by atoms with van der Waals surface area (Å²) in [4.78, 5) is 26.6. The van der Waals surface area contributed by atoms with Crippen molar-refractivity contribution in [2.45, 2.75) is 25.3 Å². The van der Waals surface area contributed by atoms with Crippen molar-refractivity contribution in [2.75, 3.05) is 11.9 Å². The van der Waals surface area contributed by atoms with Crippen molar-refractivity contribution < 1.29 is 0 Å². The Balaban J connectivity index is 1.03. The maximum Gasteiger partial charge on any atom is 0.182 e. The molecule has 2 aliphatic rings. The van der Waals surface area contributed by atoms with E-state index in [1.165, 1.54) is 27.8 Å². The van der Waals surface area contributed by atoms with Gasteiger partial charge in [0.25, 0.3) is 0 Å². The third-order valence-electron chi connectivity index (χ3n) is 10.0. The van der Waals surface area contributed by atoms with Crippen LogP contribution in [0.4, 0.5) is 5.69 Å². The zero-order valence-corrected chi connectivity index (χ0v) is 29.1. The van der Waals surface area contributed by atoms with Crippen molar-refractivity contribution in [2.24, 2.45) is 0 Å². The largest absolute Gasteiger partial charge is 0.362 e. The molecule has 1 aliphatic heterocycles. The van der Waals surface area contributed by atoms with Crippen molar-refractivity contribution in [3.8, 4) is 45.4 Å². The summed E-state index contributed by atoms with van der Waals surface area (Å²) in [6, 6.07) is 39.9. The van der Waals surface area contributed by atoms with E-state index in [9.17, 15) is 0 Å². The molecule has 7 aromatic rings. The van der Waals surface area contributed by atoms with E-state index in [4.69, 9.17) is 19.9 Å². The summed E-state index contributed by atoms with van der Waals surface area (Å²) in [5.41, 5.74) is 11.8. The Morgan fingerprint density at radius 3 is 2.19 bits per heavy atom. The summed E-state index contributed by atoms with van der Waals surface area (Å²) < 4.78 is 0. The molecular weight excluding hydrogens is 637 g/mol. The van der Waals surface area contributed by atoms with Crippen LogP contribution in [-0.2, 0) is 0 Å². The molecule has 6 heteroatoms. The Morgan fingerprint density at radius 1 is 0.635 bits per heavy atom. The van der Waals surface area contributed by atoms with Crippen LogP contribution in [0.5, 0.6) is 0 Å². The predicted molar refractivity (Wildman–Crippen MR) is 212 cm³/mol. The summed E-state index contributed by atoms with van der Waals surface area (Å²) in [5, 5.41) is 1.23. The van der Waals surface area contributed by atoms with Crippen molar-refractivity contribution in [3.05, 3.63) is 174 Å². The van der Waals surface area contributed by atoms with Gasteiger partial charge in [-0.2, -0.15) is 0 Å². The maximum atomic E-state index is 5.12. The molecule has 0 saturated heterocycles. The Bertz CT molecular complexity index is 2460. The lowest BCUT2D eigenvalue weighted by Crippen LogP contribution is -2.26. The van der Waals surface area contributed by atoms with Crippen molar-refractivity contribution >= 4 is 22.7 Å². The molecule has 0 radical (unpaired) electrons. The van der Waals surface area contributed by atoms with Crippen LogP contribution < -0.4 is 4.90 Å². The number of likely N-dealkylation sites (N-methyl/N-ethyl adjacent to an activating group) is 1. The van der Waals surface area contributed by atoms with Crippen molar-refractivity contribution in [3.63, 3.8) is 0 Å². The Labute approximate surface area is 303 Å². The first-order valence-corrected chi connectivity index (χ1v) is 17.7. The fourth-order valence-electron chi connectivity index (χ4n) is 7.42. The molecule has 0 N–H and O–H groups in total. The Kier molecular flexibility index (Phi) is 8.05. The molecule has 9 rings (SSSR count). The minimum absolute atomic E-state index is 0.0772. The minimum atomic E-state index is 0.0772. The molecule has 1 aliphatic carbocycles. The van der Waals surface area contributed by atoms with Gasteiger partial charge in [-0.25, -0.2) is 15.0 Å². The van der Waals surface area contributed by atoms with Crippen molar-refractivity contribution in [1.82, 2.24) is 24.9 Å². The van der Waals surface area contributed by atoms with Gasteiger partial charge in [-0.1, -0.05) is 127 Å². The highest BCUT2D eigenvalue weighted by atomic mass is 15.1. The van der Waals surface area contributed by atoms with Crippen LogP contribution in [0, 0.1) is 6.92 Å². The highest BCUT2D eigenvalue weighted by molar-refractivity contribution is 5.99. The van der Waals surface area contributed by atoms with Crippen molar-refractivity contribution in [1.29, 1.82) is 0 Å². The molecule has 3 aromatic heterocycles. The van der Waals surface area contributed by atoms with Gasteiger partial charge in [0.15, 0.2) is 17.5 Å². The van der Waals surface area contributed by atoms with Gasteiger partial charge in [0, 0.05) is 41.4 Å². The zero-order valence-electron chi connectivity index (χ0n) is 29.1. The molecule has 0 spiro atoms. The number of benzene rings is 4. The van der Waals surface area contributed by atoms with E-state index in [-0.39, 0.29) is 6.04 Å². The summed E-state index contributed by atoms with van der Waals surface area (Å²) in [7, 11) is 2.19. The second-order valence-corrected chi connectivity index (χ2v) is 13.4. The Morgan fingerprint density at radius 2 is 1.40 bits per heavy atom. The number of hydrogen-bond acceptors (Lipinski definition) is 6. The van der Waals surface area contributed by atoms with E-state index in [0.717, 1.165) is 39.9 Å². The molecule has 0 bridgehead atoms. The first kappa shape index (κ1) is 31.5. The lowest BCUT2D eigenvalue weighted by Gasteiger charge is -2.34. The second-order valence-electron chi connectivity index (χ2n) is 13.4. The van der Waals surface area contributed by atoms with Gasteiger partial charge in [-0.15, -0.1) is 0 Å². The van der Waals surface area contributed by atoms with Crippen LogP contribution in [0.1, 0.15) is 40.8 Å². The first-order chi connectivity index (χ1) is 25.6. The van der Waals surface area contributed by atoms with E-state index in [2.05, 4.69) is 127 Å². The van der Waals surface area contributed by atoms with Gasteiger partial charge < -0.3 is 4.90 Å². The van der Waals surface area contributed by atoms with Gasteiger partial charge in [0.1, 0.15) is 5.69 Å². The molecular formula is C46H36N6. The molecule has 6 nitrogen and oxygen atoms in total. The van der Waals surface area contributed by atoms with Crippen LogP contribution in [0.15, 0.2) is 152 Å². The SMILES string of the molecule is Cc1cc(C2C=CC=CC2)c2ccc3c(c2n1)N(C)C(c1ccc(-c2cccc(-c4nc(-c5ccccc5)nc(-c5ccccn5)n4)c2)cc1)C=C3. The number of nitrogens with zero attached hydrogens (tertiary/aromatic N) is 6. The average Bonchev–Trinajstić information content (AvgIpc) is 3.21. The van der Waals surface area contributed by atoms with E-state index >= 15 is 0 Å². The molecule has 0 amide bonds. The van der Waals surface area contributed by atoms with Gasteiger partial charge in [0.2, 0.25) is 0 Å². The highest BCUT2D eigenvalue weighted by Crippen LogP contribution is 2.42. The number of anilines is 1. The van der Waals surface area contributed by atoms with Crippen LogP contribution in [0.3, 0.4) is 0 Å². The Hall–Kier alpha value is -6.53. The maximum absolute atomic E-state index is 5.12. The molecule has 0 fully saturated rings. The van der Waals surface area contributed by atoms with Gasteiger partial charge >= 0.3 is 0 Å². The van der Waals surface area contributed by atoms with Crippen LogP contribution in [0.2, 0.25) is 0 Å². The topological polar surface area (TPSA) is 67.7 Å². The molecule has 52 heavy (non-hydrogen) atoms. The zero-order chi connectivity index (χ0) is 35.0. The third-order valence-corrected chi connectivity index (χ3v) is 10.0. The highest BCUT2D eigenvalue weighted by Gasteiger charge is 2.25. The van der Waals surface area contributed by atoms with E-state index in [1.807, 2.05) is 48.5 Å². The monoisotopic (exact) mass is 672 g/mol. The predicted octanol–water partition coefficient (Wildman–Crippen LogP) is 10.6. The average molecular weight is 673 g/mol.